The standard InChI is InChI=1S/C22H21NO3S2/c1-17-12-14-20(15-13-17)28(24,25)23-21(18-8-4-2-5-9-18)16-22(27)26-19-10-6-3-7-11-19/h2-15,21,23H,16H2,1H3/t21-/m0/s1. The molecule has 0 fully saturated rings. The van der Waals surface area contributed by atoms with Crippen molar-refractivity contribution < 1.29 is 13.2 Å². The van der Waals surface area contributed by atoms with Crippen LogP contribution in [0.25, 0.3) is 0 Å². The van der Waals surface area contributed by atoms with Gasteiger partial charge in [0.15, 0.2) is 5.05 Å². The van der Waals surface area contributed by atoms with E-state index in [9.17, 15) is 8.42 Å². The normalized spacial score (nSPS) is 12.3. The molecule has 3 rings (SSSR count). The Hall–Kier alpha value is -2.54. The number of ether oxygens (including phenoxy) is 1. The third-order valence-electron chi connectivity index (χ3n) is 4.18. The van der Waals surface area contributed by atoms with Gasteiger partial charge >= 0.3 is 0 Å². The number of rotatable bonds is 7. The van der Waals surface area contributed by atoms with Gasteiger partial charge < -0.3 is 4.74 Å². The van der Waals surface area contributed by atoms with Gasteiger partial charge in [-0.15, -0.1) is 0 Å². The van der Waals surface area contributed by atoms with E-state index < -0.39 is 16.1 Å². The second-order valence-electron chi connectivity index (χ2n) is 6.39. The molecule has 0 aliphatic heterocycles. The summed E-state index contributed by atoms with van der Waals surface area (Å²) in [7, 11) is -3.71. The van der Waals surface area contributed by atoms with Crippen molar-refractivity contribution in [1.29, 1.82) is 0 Å². The molecule has 3 aromatic carbocycles. The minimum atomic E-state index is -3.71. The number of benzene rings is 3. The Bertz CT molecular complexity index is 1020. The molecule has 0 saturated heterocycles. The van der Waals surface area contributed by atoms with Gasteiger partial charge in [0.2, 0.25) is 10.0 Å². The Labute approximate surface area is 171 Å². The highest BCUT2D eigenvalue weighted by molar-refractivity contribution is 7.89. The highest BCUT2D eigenvalue weighted by Crippen LogP contribution is 2.22. The summed E-state index contributed by atoms with van der Waals surface area (Å²) in [6, 6.07) is 24.8. The van der Waals surface area contributed by atoms with Gasteiger partial charge in [-0.05, 0) is 49.0 Å². The zero-order valence-corrected chi connectivity index (χ0v) is 17.0. The van der Waals surface area contributed by atoms with Gasteiger partial charge in [-0.3, -0.25) is 0 Å². The van der Waals surface area contributed by atoms with Crippen molar-refractivity contribution in [2.75, 3.05) is 0 Å². The smallest absolute Gasteiger partial charge is 0.241 e. The maximum atomic E-state index is 12.9. The Morgan fingerprint density at radius 1 is 0.929 bits per heavy atom. The first-order chi connectivity index (χ1) is 13.4. The minimum Gasteiger partial charge on any atom is -0.450 e. The van der Waals surface area contributed by atoms with Crippen LogP contribution in [0.2, 0.25) is 0 Å². The van der Waals surface area contributed by atoms with Crippen LogP contribution in [0.5, 0.6) is 5.75 Å². The second kappa shape index (κ2) is 9.10. The summed E-state index contributed by atoms with van der Waals surface area (Å²) >= 11 is 5.38. The lowest BCUT2D eigenvalue weighted by molar-refractivity contribution is 0.517. The number of sulfonamides is 1. The van der Waals surface area contributed by atoms with E-state index in [0.717, 1.165) is 11.1 Å². The monoisotopic (exact) mass is 411 g/mol. The van der Waals surface area contributed by atoms with Gasteiger partial charge in [-0.1, -0.05) is 66.2 Å². The highest BCUT2D eigenvalue weighted by atomic mass is 32.2. The number of thiocarbonyl (C=S) groups is 1. The lowest BCUT2D eigenvalue weighted by Gasteiger charge is -2.20. The Balaban J connectivity index is 1.81. The van der Waals surface area contributed by atoms with Gasteiger partial charge in [-0.2, -0.15) is 0 Å². The first-order valence-corrected chi connectivity index (χ1v) is 10.7. The van der Waals surface area contributed by atoms with Crippen molar-refractivity contribution in [2.45, 2.75) is 24.3 Å². The predicted octanol–water partition coefficient (Wildman–Crippen LogP) is 4.81. The zero-order chi connectivity index (χ0) is 20.0. The van der Waals surface area contributed by atoms with Crippen LogP contribution < -0.4 is 9.46 Å². The topological polar surface area (TPSA) is 55.4 Å². The molecule has 0 aromatic heterocycles. The van der Waals surface area contributed by atoms with Gasteiger partial charge in [0.25, 0.3) is 0 Å². The molecule has 0 saturated carbocycles. The van der Waals surface area contributed by atoms with E-state index in [1.54, 1.807) is 36.4 Å². The molecule has 28 heavy (non-hydrogen) atoms. The van der Waals surface area contributed by atoms with E-state index in [1.165, 1.54) is 0 Å². The summed E-state index contributed by atoms with van der Waals surface area (Å²) < 4.78 is 34.2. The lowest BCUT2D eigenvalue weighted by atomic mass is 10.1. The highest BCUT2D eigenvalue weighted by Gasteiger charge is 2.23. The third-order valence-corrected chi connectivity index (χ3v) is 5.91. The van der Waals surface area contributed by atoms with E-state index in [2.05, 4.69) is 4.72 Å². The lowest BCUT2D eigenvalue weighted by Crippen LogP contribution is -2.31. The quantitative estimate of drug-likeness (QED) is 0.567. The summed E-state index contributed by atoms with van der Waals surface area (Å²) in [5, 5.41) is 0.312. The number of hydrogen-bond acceptors (Lipinski definition) is 4. The number of aryl methyl sites for hydroxylation is 1. The van der Waals surface area contributed by atoms with Crippen LogP contribution in [-0.4, -0.2) is 13.5 Å². The minimum absolute atomic E-state index is 0.217. The Morgan fingerprint density at radius 2 is 1.50 bits per heavy atom. The largest absolute Gasteiger partial charge is 0.450 e. The molecule has 0 unspecified atom stereocenters. The fraction of sp³-hybridized carbons (Fsp3) is 0.136. The van der Waals surface area contributed by atoms with Crippen molar-refractivity contribution in [3.05, 3.63) is 96.1 Å². The third kappa shape index (κ3) is 5.48. The molecule has 4 nitrogen and oxygen atoms in total. The fourth-order valence-corrected chi connectivity index (χ4v) is 4.20. The van der Waals surface area contributed by atoms with Crippen LogP contribution in [0, 0.1) is 6.92 Å². The van der Waals surface area contributed by atoms with Gasteiger partial charge in [0, 0.05) is 6.42 Å². The molecular formula is C22H21NO3S2. The number of para-hydroxylation sites is 1. The maximum absolute atomic E-state index is 12.9. The first kappa shape index (κ1) is 20.2. The van der Waals surface area contributed by atoms with Crippen molar-refractivity contribution in [2.24, 2.45) is 0 Å². The van der Waals surface area contributed by atoms with Crippen LogP contribution in [0.3, 0.4) is 0 Å². The van der Waals surface area contributed by atoms with Crippen LogP contribution in [-0.2, 0) is 10.0 Å². The van der Waals surface area contributed by atoms with Crippen molar-refractivity contribution in [1.82, 2.24) is 4.72 Å². The molecule has 6 heteroatoms. The summed E-state index contributed by atoms with van der Waals surface area (Å²) in [4.78, 5) is 0.217. The van der Waals surface area contributed by atoms with E-state index in [4.69, 9.17) is 17.0 Å². The molecule has 0 bridgehead atoms. The van der Waals surface area contributed by atoms with Crippen molar-refractivity contribution in [3.63, 3.8) is 0 Å². The zero-order valence-electron chi connectivity index (χ0n) is 15.4. The molecule has 0 aliphatic carbocycles. The van der Waals surface area contributed by atoms with Gasteiger partial charge in [0.1, 0.15) is 5.75 Å². The summed E-state index contributed by atoms with van der Waals surface area (Å²) in [5.74, 6) is 0.626. The molecule has 3 aromatic rings. The van der Waals surface area contributed by atoms with Crippen molar-refractivity contribution >= 4 is 27.3 Å². The van der Waals surface area contributed by atoms with E-state index in [1.807, 2.05) is 55.5 Å². The van der Waals surface area contributed by atoms with E-state index in [0.29, 0.717) is 10.8 Å². The summed E-state index contributed by atoms with van der Waals surface area (Å²) in [5.41, 5.74) is 1.81. The SMILES string of the molecule is Cc1ccc(S(=O)(=O)N[C@@H](CC(=S)Oc2ccccc2)c2ccccc2)cc1. The molecule has 0 amide bonds. The molecule has 0 spiro atoms. The molecule has 0 heterocycles. The van der Waals surface area contributed by atoms with Crippen molar-refractivity contribution in [3.8, 4) is 5.75 Å². The van der Waals surface area contributed by atoms with Gasteiger partial charge in [0.05, 0.1) is 10.9 Å². The molecule has 0 radical (unpaired) electrons. The molecule has 1 atom stereocenters. The maximum Gasteiger partial charge on any atom is 0.241 e. The van der Waals surface area contributed by atoms with E-state index in [-0.39, 0.29) is 11.3 Å². The van der Waals surface area contributed by atoms with Gasteiger partial charge in [-0.25, -0.2) is 13.1 Å². The number of hydrogen-bond donors (Lipinski definition) is 1. The summed E-state index contributed by atoms with van der Waals surface area (Å²) in [6.45, 7) is 1.91. The average Bonchev–Trinajstić information content (AvgIpc) is 2.69. The summed E-state index contributed by atoms with van der Waals surface area (Å²) in [6.07, 6.45) is 0.235. The molecule has 1 N–H and O–H groups in total. The van der Waals surface area contributed by atoms with Crippen LogP contribution in [0.4, 0.5) is 0 Å². The van der Waals surface area contributed by atoms with Crippen LogP contribution in [0.15, 0.2) is 89.8 Å². The Morgan fingerprint density at radius 3 is 2.11 bits per heavy atom. The average molecular weight is 412 g/mol. The first-order valence-electron chi connectivity index (χ1n) is 8.84. The van der Waals surface area contributed by atoms with Crippen LogP contribution >= 0.6 is 12.2 Å². The second-order valence-corrected chi connectivity index (χ2v) is 8.56. The Kier molecular flexibility index (Phi) is 6.57. The van der Waals surface area contributed by atoms with E-state index >= 15 is 0 Å². The molecule has 0 aliphatic rings. The fourth-order valence-electron chi connectivity index (χ4n) is 2.71. The van der Waals surface area contributed by atoms with Crippen LogP contribution in [0.1, 0.15) is 23.6 Å². The predicted molar refractivity (Wildman–Crippen MR) is 115 cm³/mol. The molecular weight excluding hydrogens is 390 g/mol. The number of nitrogens with one attached hydrogen (secondary N) is 1. The molecule has 144 valence electrons.